The fourth-order valence-electron chi connectivity index (χ4n) is 1.12. The molecule has 0 aliphatic heterocycles. The number of hydrogen-bond donors (Lipinski definition) is 1. The van der Waals surface area contributed by atoms with Gasteiger partial charge in [-0.2, -0.15) is 0 Å². The molecule has 0 amide bonds. The predicted octanol–water partition coefficient (Wildman–Crippen LogP) is 0.904. The molecule has 1 unspecified atom stereocenters. The lowest BCUT2D eigenvalue weighted by molar-refractivity contribution is -0.140. The van der Waals surface area contributed by atoms with E-state index in [0.717, 1.165) is 31.0 Å². The average Bonchev–Trinajstić information content (AvgIpc) is 2.21. The molecule has 15 heavy (non-hydrogen) atoms. The van der Waals surface area contributed by atoms with Gasteiger partial charge in [0.05, 0.1) is 15.2 Å². The summed E-state index contributed by atoms with van der Waals surface area (Å²) >= 11 is 0. The Bertz CT molecular complexity index is 238. The fourth-order valence-corrected chi connectivity index (χ4v) is 2.68. The second-order valence-corrected chi connectivity index (χ2v) is 5.48. The van der Waals surface area contributed by atoms with Crippen LogP contribution >= 0.6 is 0 Å². The van der Waals surface area contributed by atoms with Crippen molar-refractivity contribution in [3.8, 4) is 0 Å². The minimum atomic E-state index is -1.13. The van der Waals surface area contributed by atoms with E-state index >= 15 is 0 Å². The Labute approximate surface area is 92.1 Å². The smallest absolute Gasteiger partial charge is 0.330 e. The Hall–Kier alpha value is -1.10. The number of carbonyl (C=O) groups excluding carboxylic acids is 1. The summed E-state index contributed by atoms with van der Waals surface area (Å²) in [5.41, 5.74) is 0.0379. The molecule has 0 radical (unpaired) electrons. The van der Waals surface area contributed by atoms with Gasteiger partial charge in [0.1, 0.15) is 0 Å². The monoisotopic (exact) mass is 230 g/mol. The van der Waals surface area contributed by atoms with Crippen molar-refractivity contribution in [2.75, 3.05) is 0 Å². The second kappa shape index (κ2) is 8.23. The van der Waals surface area contributed by atoms with Crippen LogP contribution in [0.2, 0.25) is 6.04 Å². The van der Waals surface area contributed by atoms with E-state index in [2.05, 4.69) is 6.92 Å². The van der Waals surface area contributed by atoms with Gasteiger partial charge in [-0.1, -0.05) is 26.3 Å². The van der Waals surface area contributed by atoms with Gasteiger partial charge in [0.25, 0.3) is 0 Å². The molecule has 86 valence electrons. The van der Waals surface area contributed by atoms with Gasteiger partial charge in [0, 0.05) is 12.2 Å². The fraction of sp³-hybridized carbons (Fsp3) is 0.600. The van der Waals surface area contributed by atoms with Crippen LogP contribution in [-0.4, -0.2) is 32.3 Å². The quantitative estimate of drug-likeness (QED) is 0.401. The van der Waals surface area contributed by atoms with E-state index in [1.165, 1.54) is 0 Å². The summed E-state index contributed by atoms with van der Waals surface area (Å²) in [5, 5.41) is 8.31. The first-order chi connectivity index (χ1) is 7.10. The van der Waals surface area contributed by atoms with Gasteiger partial charge in [-0.15, -0.1) is 0 Å². The Morgan fingerprint density at radius 3 is 2.53 bits per heavy atom. The molecule has 0 saturated carbocycles. The van der Waals surface area contributed by atoms with E-state index in [-0.39, 0.29) is 15.2 Å². The van der Waals surface area contributed by atoms with Crippen molar-refractivity contribution >= 4 is 21.5 Å². The molecule has 5 heteroatoms. The van der Waals surface area contributed by atoms with E-state index in [4.69, 9.17) is 9.84 Å². The summed E-state index contributed by atoms with van der Waals surface area (Å²) in [5.74, 6) is -1.68. The first kappa shape index (κ1) is 13.9. The molecule has 0 aromatic heterocycles. The highest BCUT2D eigenvalue weighted by molar-refractivity contribution is 6.37. The van der Waals surface area contributed by atoms with Crippen molar-refractivity contribution < 1.29 is 19.4 Å². The average molecular weight is 230 g/mol. The zero-order valence-corrected chi connectivity index (χ0v) is 10.6. The second-order valence-electron chi connectivity index (χ2n) is 3.28. The first-order valence-electron chi connectivity index (χ1n) is 5.21. The van der Waals surface area contributed by atoms with Crippen molar-refractivity contribution in [2.45, 2.75) is 38.5 Å². The molecule has 1 atom stereocenters. The standard InChI is InChI=1S/C10H18O4Si/c1-3-7-15-10(4-2)14-9(13)6-5-8(11)12/h5-6,10H,3-4,7,15H2,1-2H3,(H,11,12)/b6-5+. The maximum absolute atomic E-state index is 11.1. The third-order valence-corrected chi connectivity index (χ3v) is 4.48. The molecule has 0 fully saturated rings. The molecule has 0 spiro atoms. The van der Waals surface area contributed by atoms with Crippen molar-refractivity contribution in [3.63, 3.8) is 0 Å². The molecule has 0 rings (SSSR count). The number of hydrogen-bond acceptors (Lipinski definition) is 3. The SMILES string of the molecule is CCC[SiH2]C(CC)OC(=O)/C=C/C(=O)O. The molecule has 0 aliphatic rings. The molecule has 0 aromatic carbocycles. The van der Waals surface area contributed by atoms with Crippen LogP contribution in [0.1, 0.15) is 26.7 Å². The van der Waals surface area contributed by atoms with Gasteiger partial charge in [0.2, 0.25) is 0 Å². The van der Waals surface area contributed by atoms with Crippen LogP contribution in [0.3, 0.4) is 0 Å². The van der Waals surface area contributed by atoms with Crippen molar-refractivity contribution in [2.24, 2.45) is 0 Å². The van der Waals surface area contributed by atoms with Gasteiger partial charge in [-0.05, 0) is 6.42 Å². The van der Waals surface area contributed by atoms with Crippen LogP contribution in [0, 0.1) is 0 Å². The first-order valence-corrected chi connectivity index (χ1v) is 7.03. The van der Waals surface area contributed by atoms with Crippen LogP contribution in [0.5, 0.6) is 0 Å². The van der Waals surface area contributed by atoms with Gasteiger partial charge in [0.15, 0.2) is 0 Å². The molecule has 0 saturated heterocycles. The molecular formula is C10H18O4Si. The van der Waals surface area contributed by atoms with Crippen molar-refractivity contribution in [1.29, 1.82) is 0 Å². The topological polar surface area (TPSA) is 63.6 Å². The molecule has 1 N–H and O–H groups in total. The highest BCUT2D eigenvalue weighted by Crippen LogP contribution is 2.01. The maximum Gasteiger partial charge on any atom is 0.330 e. The van der Waals surface area contributed by atoms with Crippen molar-refractivity contribution in [1.82, 2.24) is 0 Å². The zero-order chi connectivity index (χ0) is 11.7. The summed E-state index contributed by atoms with van der Waals surface area (Å²) in [6.45, 7) is 4.08. The summed E-state index contributed by atoms with van der Waals surface area (Å²) < 4.78 is 5.12. The summed E-state index contributed by atoms with van der Waals surface area (Å²) in [4.78, 5) is 21.3. The molecule has 0 aliphatic carbocycles. The van der Waals surface area contributed by atoms with E-state index in [1.807, 2.05) is 6.92 Å². The summed E-state index contributed by atoms with van der Waals surface area (Å²) in [7, 11) is -0.378. The van der Waals surface area contributed by atoms with Gasteiger partial charge in [-0.3, -0.25) is 0 Å². The minimum Gasteiger partial charge on any atom is -0.478 e. The van der Waals surface area contributed by atoms with Gasteiger partial charge >= 0.3 is 11.9 Å². The summed E-state index contributed by atoms with van der Waals surface area (Å²) in [6, 6.07) is 1.15. The highest BCUT2D eigenvalue weighted by atomic mass is 28.2. The molecule has 0 aromatic rings. The van der Waals surface area contributed by atoms with E-state index in [9.17, 15) is 9.59 Å². The van der Waals surface area contributed by atoms with Crippen LogP contribution in [-0.2, 0) is 14.3 Å². The largest absolute Gasteiger partial charge is 0.478 e. The predicted molar refractivity (Wildman–Crippen MR) is 60.6 cm³/mol. The lowest BCUT2D eigenvalue weighted by atomic mass is 10.5. The normalized spacial score (nSPS) is 13.5. The van der Waals surface area contributed by atoms with Crippen LogP contribution < -0.4 is 0 Å². The Morgan fingerprint density at radius 1 is 1.40 bits per heavy atom. The number of carbonyl (C=O) groups is 2. The number of aliphatic carboxylic acids is 1. The molecule has 0 heterocycles. The van der Waals surface area contributed by atoms with E-state index in [1.54, 1.807) is 0 Å². The third kappa shape index (κ3) is 7.93. The number of esters is 1. The Balaban J connectivity index is 3.95. The molecule has 4 nitrogen and oxygen atoms in total. The lowest BCUT2D eigenvalue weighted by Crippen LogP contribution is -2.22. The maximum atomic E-state index is 11.1. The van der Waals surface area contributed by atoms with E-state index < -0.39 is 11.9 Å². The van der Waals surface area contributed by atoms with Crippen LogP contribution in [0.4, 0.5) is 0 Å². The number of ether oxygens (including phenoxy) is 1. The number of rotatable bonds is 7. The Kier molecular flexibility index (Phi) is 7.62. The zero-order valence-electron chi connectivity index (χ0n) is 9.23. The van der Waals surface area contributed by atoms with Gasteiger partial charge in [-0.25, -0.2) is 9.59 Å². The van der Waals surface area contributed by atoms with Crippen molar-refractivity contribution in [3.05, 3.63) is 12.2 Å². The van der Waals surface area contributed by atoms with Crippen LogP contribution in [0.25, 0.3) is 0 Å². The highest BCUT2D eigenvalue weighted by Gasteiger charge is 2.10. The van der Waals surface area contributed by atoms with Crippen LogP contribution in [0.15, 0.2) is 12.2 Å². The number of carboxylic acid groups (broad SMARTS) is 1. The third-order valence-electron chi connectivity index (χ3n) is 1.98. The molecular weight excluding hydrogens is 212 g/mol. The Morgan fingerprint density at radius 2 is 2.07 bits per heavy atom. The minimum absolute atomic E-state index is 0.0379. The summed E-state index contributed by atoms with van der Waals surface area (Å²) in [6.07, 6.45) is 3.70. The lowest BCUT2D eigenvalue weighted by Gasteiger charge is -2.13. The van der Waals surface area contributed by atoms with Gasteiger partial charge < -0.3 is 9.84 Å². The van der Waals surface area contributed by atoms with E-state index in [0.29, 0.717) is 0 Å². The number of carboxylic acids is 1. The molecule has 0 bridgehead atoms.